The number of nitriles is 1. The zero-order valence-corrected chi connectivity index (χ0v) is 14.0. The Labute approximate surface area is 151 Å². The molecule has 3 N–H and O–H groups in total. The number of nitrogens with two attached hydrogens (primary N) is 1. The van der Waals surface area contributed by atoms with Crippen molar-refractivity contribution in [1.29, 1.82) is 5.26 Å². The van der Waals surface area contributed by atoms with Gasteiger partial charge in [0.25, 0.3) is 11.1 Å². The number of anilines is 1. The van der Waals surface area contributed by atoms with Crippen LogP contribution in [0, 0.1) is 11.3 Å². The first kappa shape index (κ1) is 15.9. The molecule has 1 aromatic carbocycles. The smallest absolute Gasteiger partial charge is 0.290 e. The second-order valence-electron chi connectivity index (χ2n) is 5.52. The number of benzene rings is 1. The Morgan fingerprint density at radius 3 is 2.85 bits per heavy atom. The molecule has 0 spiro atoms. The number of rotatable bonds is 2. The van der Waals surface area contributed by atoms with Crippen LogP contribution in [0.25, 0.3) is 28.2 Å². The van der Waals surface area contributed by atoms with Gasteiger partial charge in [0.2, 0.25) is 0 Å². The molecule has 3 heterocycles. The van der Waals surface area contributed by atoms with Gasteiger partial charge in [-0.05, 0) is 35.5 Å². The van der Waals surface area contributed by atoms with Crippen LogP contribution in [0.5, 0.6) is 0 Å². The number of aromatic nitrogens is 1. The highest BCUT2D eigenvalue weighted by Crippen LogP contribution is 2.33. The second kappa shape index (κ2) is 6.06. The quantitative estimate of drug-likeness (QED) is 0.530. The molecular weight excluding hydrogens is 352 g/mol. The summed E-state index contributed by atoms with van der Waals surface area (Å²) in [5.74, 6) is -0.0199. The van der Waals surface area contributed by atoms with Crippen molar-refractivity contribution in [2.24, 2.45) is 0 Å². The van der Waals surface area contributed by atoms with Crippen LogP contribution in [0.3, 0.4) is 0 Å². The molecule has 1 saturated heterocycles. The zero-order valence-electron chi connectivity index (χ0n) is 13.1. The number of hydrogen-bond acceptors (Lipinski definition) is 7. The number of fused-ring (bicyclic) bond motifs is 1. The Morgan fingerprint density at radius 2 is 2.12 bits per heavy atom. The van der Waals surface area contributed by atoms with Gasteiger partial charge in [-0.15, -0.1) is 0 Å². The van der Waals surface area contributed by atoms with Crippen molar-refractivity contribution in [2.45, 2.75) is 0 Å². The third-order valence-electron chi connectivity index (χ3n) is 3.84. The van der Waals surface area contributed by atoms with E-state index in [1.165, 1.54) is 6.08 Å². The van der Waals surface area contributed by atoms with E-state index >= 15 is 0 Å². The fourth-order valence-corrected chi connectivity index (χ4v) is 3.29. The van der Waals surface area contributed by atoms with E-state index in [2.05, 4.69) is 16.4 Å². The van der Waals surface area contributed by atoms with Crippen molar-refractivity contribution in [2.75, 3.05) is 5.73 Å². The molecule has 2 aromatic heterocycles. The summed E-state index contributed by atoms with van der Waals surface area (Å²) in [6.07, 6.45) is 4.79. The van der Waals surface area contributed by atoms with Crippen molar-refractivity contribution in [1.82, 2.24) is 10.3 Å². The van der Waals surface area contributed by atoms with Crippen LogP contribution in [-0.2, 0) is 4.79 Å². The summed E-state index contributed by atoms with van der Waals surface area (Å²) in [7, 11) is 0. The number of hydrogen-bond donors (Lipinski definition) is 2. The summed E-state index contributed by atoms with van der Waals surface area (Å²) < 4.78 is 5.87. The molecule has 3 aromatic rings. The molecule has 4 rings (SSSR count). The molecule has 2 amide bonds. The number of nitrogens with zero attached hydrogens (tertiary/aromatic N) is 2. The predicted octanol–water partition coefficient (Wildman–Crippen LogP) is 3.27. The average molecular weight is 362 g/mol. The Morgan fingerprint density at radius 1 is 1.27 bits per heavy atom. The SMILES string of the molecule is N#Cc1cc(-c2cncc3cc(/C=C4/SC(=O)NC4=O)oc23)ccc1N. The van der Waals surface area contributed by atoms with Crippen LogP contribution in [0.4, 0.5) is 10.5 Å². The lowest BCUT2D eigenvalue weighted by atomic mass is 10.0. The van der Waals surface area contributed by atoms with Gasteiger partial charge in [0.15, 0.2) is 0 Å². The Kier molecular flexibility index (Phi) is 3.71. The fraction of sp³-hybridized carbons (Fsp3) is 0. The monoisotopic (exact) mass is 362 g/mol. The molecule has 8 heteroatoms. The third kappa shape index (κ3) is 2.70. The minimum atomic E-state index is -0.448. The molecule has 0 saturated carbocycles. The van der Waals surface area contributed by atoms with E-state index in [1.807, 2.05) is 0 Å². The second-order valence-corrected chi connectivity index (χ2v) is 6.53. The first-order valence-corrected chi connectivity index (χ1v) is 8.29. The number of thioether (sulfide) groups is 1. The maximum atomic E-state index is 11.7. The molecule has 0 unspecified atom stereocenters. The summed E-state index contributed by atoms with van der Waals surface area (Å²) >= 11 is 0.821. The average Bonchev–Trinajstić information content (AvgIpc) is 3.17. The van der Waals surface area contributed by atoms with Gasteiger partial charge >= 0.3 is 0 Å². The summed E-state index contributed by atoms with van der Waals surface area (Å²) in [5.41, 5.74) is 8.54. The molecule has 1 aliphatic rings. The van der Waals surface area contributed by atoms with Gasteiger partial charge in [0.05, 0.1) is 10.5 Å². The van der Waals surface area contributed by atoms with Gasteiger partial charge in [-0.1, -0.05) is 6.07 Å². The first-order valence-electron chi connectivity index (χ1n) is 7.47. The van der Waals surface area contributed by atoms with Crippen LogP contribution < -0.4 is 11.1 Å². The van der Waals surface area contributed by atoms with Crippen LogP contribution in [0.1, 0.15) is 11.3 Å². The molecule has 0 radical (unpaired) electrons. The zero-order chi connectivity index (χ0) is 18.3. The largest absolute Gasteiger partial charge is 0.456 e. The first-order chi connectivity index (χ1) is 12.5. The number of nitrogen functional groups attached to an aromatic ring is 1. The highest BCUT2D eigenvalue weighted by Gasteiger charge is 2.25. The topological polar surface area (TPSA) is 122 Å². The summed E-state index contributed by atoms with van der Waals surface area (Å²) in [6.45, 7) is 0. The maximum absolute atomic E-state index is 11.7. The Balaban J connectivity index is 1.82. The molecule has 0 bridgehead atoms. The molecule has 1 fully saturated rings. The highest BCUT2D eigenvalue weighted by molar-refractivity contribution is 8.18. The number of carbonyl (C=O) groups is 2. The Bertz CT molecular complexity index is 1160. The summed E-state index contributed by atoms with van der Waals surface area (Å²) in [6, 6.07) is 8.90. The minimum absolute atomic E-state index is 0.266. The van der Waals surface area contributed by atoms with E-state index < -0.39 is 11.1 Å². The van der Waals surface area contributed by atoms with Crippen LogP contribution in [-0.4, -0.2) is 16.1 Å². The molecule has 0 atom stereocenters. The fourth-order valence-electron chi connectivity index (χ4n) is 2.63. The lowest BCUT2D eigenvalue weighted by molar-refractivity contribution is -0.115. The van der Waals surface area contributed by atoms with E-state index in [9.17, 15) is 9.59 Å². The van der Waals surface area contributed by atoms with E-state index in [4.69, 9.17) is 15.4 Å². The number of amides is 2. The minimum Gasteiger partial charge on any atom is -0.456 e. The van der Waals surface area contributed by atoms with E-state index in [-0.39, 0.29) is 4.91 Å². The number of carbonyl (C=O) groups excluding carboxylic acids is 2. The predicted molar refractivity (Wildman–Crippen MR) is 97.7 cm³/mol. The van der Waals surface area contributed by atoms with Gasteiger partial charge in [-0.3, -0.25) is 19.9 Å². The summed E-state index contributed by atoms with van der Waals surface area (Å²) in [5, 5.41) is 11.7. The van der Waals surface area contributed by atoms with Crippen molar-refractivity contribution in [3.8, 4) is 17.2 Å². The maximum Gasteiger partial charge on any atom is 0.290 e. The van der Waals surface area contributed by atoms with E-state index in [1.54, 1.807) is 36.7 Å². The molecule has 126 valence electrons. The Hall–Kier alpha value is -3.57. The lowest BCUT2D eigenvalue weighted by Crippen LogP contribution is -2.17. The normalized spacial score (nSPS) is 15.4. The molecular formula is C18H10N4O3S. The van der Waals surface area contributed by atoms with Gasteiger partial charge in [-0.2, -0.15) is 5.26 Å². The van der Waals surface area contributed by atoms with Crippen molar-refractivity contribution >= 4 is 45.6 Å². The molecule has 26 heavy (non-hydrogen) atoms. The molecule has 0 aliphatic carbocycles. The van der Waals surface area contributed by atoms with Gasteiger partial charge in [0.1, 0.15) is 17.4 Å². The van der Waals surface area contributed by atoms with Gasteiger partial charge in [-0.25, -0.2) is 0 Å². The van der Waals surface area contributed by atoms with E-state index in [0.29, 0.717) is 28.2 Å². The van der Waals surface area contributed by atoms with Crippen LogP contribution in [0.15, 0.2) is 46.0 Å². The van der Waals surface area contributed by atoms with Crippen molar-refractivity contribution in [3.63, 3.8) is 0 Å². The van der Waals surface area contributed by atoms with E-state index in [0.717, 1.165) is 22.7 Å². The van der Waals surface area contributed by atoms with Crippen LogP contribution >= 0.6 is 11.8 Å². The molecule has 7 nitrogen and oxygen atoms in total. The third-order valence-corrected chi connectivity index (χ3v) is 4.65. The number of furan rings is 1. The van der Waals surface area contributed by atoms with Crippen LogP contribution in [0.2, 0.25) is 0 Å². The van der Waals surface area contributed by atoms with Gasteiger partial charge < -0.3 is 10.2 Å². The summed E-state index contributed by atoms with van der Waals surface area (Å²) in [4.78, 5) is 27.4. The van der Waals surface area contributed by atoms with Crippen molar-refractivity contribution < 1.29 is 14.0 Å². The number of pyridine rings is 1. The number of imide groups is 1. The van der Waals surface area contributed by atoms with Gasteiger partial charge in [0, 0.05) is 35.1 Å². The highest BCUT2D eigenvalue weighted by atomic mass is 32.2. The number of nitrogens with one attached hydrogen (secondary N) is 1. The standard InChI is InChI=1S/C18H10N4O3S/c19-6-10-3-9(1-2-14(10)20)13-8-21-7-11-4-12(25-16(11)13)5-15-17(23)22-18(24)26-15/h1-5,7-8H,20H2,(H,22,23,24)/b15-5+. The lowest BCUT2D eigenvalue weighted by Gasteiger charge is -2.04. The van der Waals surface area contributed by atoms with Crippen molar-refractivity contribution in [3.05, 3.63) is 52.9 Å². The molecule has 1 aliphatic heterocycles.